The Labute approximate surface area is 91.5 Å². The number of anilines is 1. The number of nitrogens with one attached hydrogen (secondary N) is 1. The van der Waals surface area contributed by atoms with E-state index in [1.165, 1.54) is 19.3 Å². The van der Waals surface area contributed by atoms with E-state index in [1.54, 1.807) is 0 Å². The van der Waals surface area contributed by atoms with Crippen LogP contribution in [-0.2, 0) is 0 Å². The minimum atomic E-state index is 0.378. The lowest BCUT2D eigenvalue weighted by molar-refractivity contribution is 0.0739. The van der Waals surface area contributed by atoms with Crippen LogP contribution in [0.1, 0.15) is 19.3 Å². The Morgan fingerprint density at radius 2 is 2.00 bits per heavy atom. The number of hydrogen-bond donors (Lipinski definition) is 1. The predicted octanol–water partition coefficient (Wildman–Crippen LogP) is 1.98. The summed E-state index contributed by atoms with van der Waals surface area (Å²) in [5, 5.41) is 3.49. The van der Waals surface area contributed by atoms with E-state index in [0.29, 0.717) is 5.54 Å². The van der Waals surface area contributed by atoms with Crippen molar-refractivity contribution < 1.29 is 0 Å². The van der Waals surface area contributed by atoms with Crippen LogP contribution in [0.25, 0.3) is 0 Å². The smallest absolute Gasteiger partial charge is 0.0375 e. The van der Waals surface area contributed by atoms with Crippen molar-refractivity contribution in [1.82, 2.24) is 9.88 Å². The van der Waals surface area contributed by atoms with Gasteiger partial charge in [-0.2, -0.15) is 0 Å². The summed E-state index contributed by atoms with van der Waals surface area (Å²) in [6.45, 7) is 1.03. The Morgan fingerprint density at radius 1 is 1.33 bits per heavy atom. The van der Waals surface area contributed by atoms with Crippen molar-refractivity contribution in [3.8, 4) is 0 Å². The molecule has 0 aliphatic heterocycles. The molecule has 3 nitrogen and oxygen atoms in total. The van der Waals surface area contributed by atoms with E-state index in [4.69, 9.17) is 0 Å². The fourth-order valence-electron chi connectivity index (χ4n) is 2.10. The lowest BCUT2D eigenvalue weighted by Gasteiger charge is -2.47. The molecule has 0 radical (unpaired) electrons. The van der Waals surface area contributed by atoms with Crippen LogP contribution >= 0.6 is 0 Å². The molecule has 2 rings (SSSR count). The van der Waals surface area contributed by atoms with Crippen molar-refractivity contribution in [2.45, 2.75) is 24.8 Å². The van der Waals surface area contributed by atoms with Gasteiger partial charge in [0.25, 0.3) is 0 Å². The van der Waals surface area contributed by atoms with Crippen LogP contribution in [0, 0.1) is 0 Å². The van der Waals surface area contributed by atoms with E-state index in [1.807, 2.05) is 24.5 Å². The second-order valence-corrected chi connectivity index (χ2v) is 4.56. The largest absolute Gasteiger partial charge is 0.383 e. The van der Waals surface area contributed by atoms with E-state index < -0.39 is 0 Å². The molecule has 1 aliphatic rings. The van der Waals surface area contributed by atoms with Crippen LogP contribution in [0.5, 0.6) is 0 Å². The van der Waals surface area contributed by atoms with Crippen LogP contribution in [-0.4, -0.2) is 36.1 Å². The fraction of sp³-hybridized carbons (Fsp3) is 0.583. The zero-order chi connectivity index (χ0) is 10.7. The average molecular weight is 205 g/mol. The van der Waals surface area contributed by atoms with Gasteiger partial charge in [0.15, 0.2) is 0 Å². The minimum Gasteiger partial charge on any atom is -0.383 e. The summed E-state index contributed by atoms with van der Waals surface area (Å²) in [6, 6.07) is 4.03. The van der Waals surface area contributed by atoms with Crippen molar-refractivity contribution in [1.29, 1.82) is 0 Å². The summed E-state index contributed by atoms with van der Waals surface area (Å²) in [7, 11) is 4.35. The molecule has 3 heteroatoms. The van der Waals surface area contributed by atoms with E-state index in [0.717, 1.165) is 12.2 Å². The molecule has 0 atom stereocenters. The Hall–Kier alpha value is -1.09. The van der Waals surface area contributed by atoms with Gasteiger partial charge in [0.1, 0.15) is 0 Å². The summed E-state index contributed by atoms with van der Waals surface area (Å²) in [4.78, 5) is 6.36. The lowest BCUT2D eigenvalue weighted by atomic mass is 9.75. The third-order valence-electron chi connectivity index (χ3n) is 3.53. The highest BCUT2D eigenvalue weighted by Gasteiger charge is 2.38. The Balaban J connectivity index is 1.92. The number of rotatable bonds is 4. The molecule has 1 aromatic rings. The Bertz CT molecular complexity index is 304. The van der Waals surface area contributed by atoms with Gasteiger partial charge in [-0.1, -0.05) is 0 Å². The fourth-order valence-corrected chi connectivity index (χ4v) is 2.10. The highest BCUT2D eigenvalue weighted by molar-refractivity contribution is 5.41. The number of aromatic nitrogens is 1. The molecule has 82 valence electrons. The van der Waals surface area contributed by atoms with E-state index in [9.17, 15) is 0 Å². The van der Waals surface area contributed by atoms with Crippen LogP contribution in [0.15, 0.2) is 24.5 Å². The first-order valence-electron chi connectivity index (χ1n) is 5.54. The number of pyridine rings is 1. The summed E-state index contributed by atoms with van der Waals surface area (Å²) < 4.78 is 0. The van der Waals surface area contributed by atoms with Gasteiger partial charge < -0.3 is 10.2 Å². The molecule has 1 saturated carbocycles. The first kappa shape index (κ1) is 10.4. The summed E-state index contributed by atoms with van der Waals surface area (Å²) in [5.41, 5.74) is 1.54. The molecule has 1 aromatic heterocycles. The molecule has 1 aliphatic carbocycles. The quantitative estimate of drug-likeness (QED) is 0.814. The van der Waals surface area contributed by atoms with E-state index >= 15 is 0 Å². The van der Waals surface area contributed by atoms with Crippen LogP contribution in [0.4, 0.5) is 5.69 Å². The highest BCUT2D eigenvalue weighted by Crippen LogP contribution is 2.36. The molecule has 1 fully saturated rings. The van der Waals surface area contributed by atoms with Gasteiger partial charge in [-0.25, -0.2) is 0 Å². The highest BCUT2D eigenvalue weighted by atomic mass is 15.2. The SMILES string of the molecule is CN(C)C1(CNc2ccncc2)CCC1. The van der Waals surface area contributed by atoms with E-state index in [2.05, 4.69) is 29.3 Å². The van der Waals surface area contributed by atoms with E-state index in [-0.39, 0.29) is 0 Å². The second-order valence-electron chi connectivity index (χ2n) is 4.56. The monoisotopic (exact) mass is 205 g/mol. The Kier molecular flexibility index (Phi) is 2.91. The van der Waals surface area contributed by atoms with Crippen molar-refractivity contribution in [2.75, 3.05) is 26.0 Å². The number of hydrogen-bond acceptors (Lipinski definition) is 3. The summed E-state index contributed by atoms with van der Waals surface area (Å²) >= 11 is 0. The molecule has 0 saturated heterocycles. The molecule has 15 heavy (non-hydrogen) atoms. The zero-order valence-electron chi connectivity index (χ0n) is 9.53. The van der Waals surface area contributed by atoms with Crippen molar-refractivity contribution >= 4 is 5.69 Å². The topological polar surface area (TPSA) is 28.2 Å². The van der Waals surface area contributed by atoms with Gasteiger partial charge in [0.05, 0.1) is 0 Å². The van der Waals surface area contributed by atoms with Crippen molar-refractivity contribution in [3.05, 3.63) is 24.5 Å². The maximum absolute atomic E-state index is 4.01. The van der Waals surface area contributed by atoms with Gasteiger partial charge in [-0.15, -0.1) is 0 Å². The van der Waals surface area contributed by atoms with Crippen LogP contribution < -0.4 is 5.32 Å². The predicted molar refractivity (Wildman–Crippen MR) is 63.0 cm³/mol. The molecule has 0 spiro atoms. The van der Waals surface area contributed by atoms with Crippen molar-refractivity contribution in [3.63, 3.8) is 0 Å². The summed E-state index contributed by atoms with van der Waals surface area (Å²) in [5.74, 6) is 0. The minimum absolute atomic E-state index is 0.378. The number of likely N-dealkylation sites (N-methyl/N-ethyl adjacent to an activating group) is 1. The molecular formula is C12H19N3. The van der Waals surface area contributed by atoms with Crippen LogP contribution in [0.2, 0.25) is 0 Å². The molecule has 0 bridgehead atoms. The molecule has 1 heterocycles. The normalized spacial score (nSPS) is 18.6. The molecular weight excluding hydrogens is 186 g/mol. The summed E-state index contributed by atoms with van der Waals surface area (Å²) in [6.07, 6.45) is 7.61. The maximum atomic E-state index is 4.01. The van der Waals surface area contributed by atoms with Gasteiger partial charge in [0, 0.05) is 30.2 Å². The maximum Gasteiger partial charge on any atom is 0.0375 e. The van der Waals surface area contributed by atoms with Crippen molar-refractivity contribution in [2.24, 2.45) is 0 Å². The van der Waals surface area contributed by atoms with Gasteiger partial charge in [-0.05, 0) is 45.5 Å². The first-order chi connectivity index (χ1) is 7.23. The molecule has 0 aromatic carbocycles. The third kappa shape index (κ3) is 2.12. The first-order valence-corrected chi connectivity index (χ1v) is 5.54. The second kappa shape index (κ2) is 4.19. The lowest BCUT2D eigenvalue weighted by Crippen LogP contribution is -2.54. The van der Waals surface area contributed by atoms with Gasteiger partial charge >= 0.3 is 0 Å². The molecule has 0 amide bonds. The molecule has 1 N–H and O–H groups in total. The molecule has 0 unspecified atom stereocenters. The van der Waals surface area contributed by atoms with Crippen LogP contribution in [0.3, 0.4) is 0 Å². The van der Waals surface area contributed by atoms with Gasteiger partial charge in [0.2, 0.25) is 0 Å². The standard InChI is InChI=1S/C12H19N3/c1-15(2)12(6-3-7-12)10-14-11-4-8-13-9-5-11/h4-5,8-9H,3,6-7,10H2,1-2H3,(H,13,14). The Morgan fingerprint density at radius 3 is 2.47 bits per heavy atom. The average Bonchev–Trinajstić information content (AvgIpc) is 2.17. The third-order valence-corrected chi connectivity index (χ3v) is 3.53. The zero-order valence-corrected chi connectivity index (χ0v) is 9.53. The number of nitrogens with zero attached hydrogens (tertiary/aromatic N) is 2. The van der Waals surface area contributed by atoms with Gasteiger partial charge in [-0.3, -0.25) is 4.98 Å².